The Morgan fingerprint density at radius 1 is 1.29 bits per heavy atom. The first-order chi connectivity index (χ1) is 14.9. The van der Waals surface area contributed by atoms with Crippen molar-refractivity contribution in [2.45, 2.75) is 25.4 Å². The number of aliphatic imine (C=N–C) groups is 1. The highest BCUT2D eigenvalue weighted by Gasteiger charge is 2.24. The Morgan fingerprint density at radius 3 is 2.71 bits per heavy atom. The summed E-state index contributed by atoms with van der Waals surface area (Å²) in [5, 5.41) is 19.8. The first-order valence-corrected chi connectivity index (χ1v) is 10.7. The Balaban J connectivity index is 1.35. The van der Waals surface area contributed by atoms with Crippen LogP contribution in [0.4, 0.5) is 4.39 Å². The van der Waals surface area contributed by atoms with E-state index in [-0.39, 0.29) is 24.4 Å². The maximum absolute atomic E-state index is 13.5. The number of rotatable bonds is 4. The molecule has 2 heterocycles. The number of halogens is 2. The molecule has 31 heavy (non-hydrogen) atoms. The van der Waals surface area contributed by atoms with Crippen LogP contribution in [-0.4, -0.2) is 50.1 Å². The molecule has 3 N–H and O–H groups in total. The summed E-state index contributed by atoms with van der Waals surface area (Å²) < 4.78 is 16.1. The summed E-state index contributed by atoms with van der Waals surface area (Å²) in [5.74, 6) is -0.204. The van der Waals surface area contributed by atoms with Crippen LogP contribution in [0.1, 0.15) is 24.4 Å². The van der Waals surface area contributed by atoms with Gasteiger partial charge in [-0.05, 0) is 61.0 Å². The molecule has 0 radical (unpaired) electrons. The molecule has 1 saturated heterocycles. The zero-order valence-corrected chi connectivity index (χ0v) is 18.2. The smallest absolute Gasteiger partial charge is 0.219 e. The summed E-state index contributed by atoms with van der Waals surface area (Å²) >= 11 is 11.3. The second kappa shape index (κ2) is 9.17. The highest BCUT2D eigenvalue weighted by Crippen LogP contribution is 2.28. The van der Waals surface area contributed by atoms with Crippen molar-refractivity contribution in [3.63, 3.8) is 0 Å². The third-order valence-corrected chi connectivity index (χ3v) is 5.93. The molecule has 0 bridgehead atoms. The molecule has 0 saturated carbocycles. The van der Waals surface area contributed by atoms with Crippen LogP contribution < -0.4 is 0 Å². The zero-order valence-electron chi connectivity index (χ0n) is 16.6. The van der Waals surface area contributed by atoms with Crippen LogP contribution in [0.2, 0.25) is 5.02 Å². The van der Waals surface area contributed by atoms with Crippen molar-refractivity contribution >= 4 is 47.2 Å². The van der Waals surface area contributed by atoms with Crippen molar-refractivity contribution in [1.82, 2.24) is 19.5 Å². The normalized spacial score (nSPS) is 15.1. The summed E-state index contributed by atoms with van der Waals surface area (Å²) in [4.78, 5) is 9.02. The van der Waals surface area contributed by atoms with Crippen LogP contribution in [0.5, 0.6) is 0 Å². The van der Waals surface area contributed by atoms with E-state index in [9.17, 15) is 9.60 Å². The molecule has 0 aliphatic carbocycles. The lowest BCUT2D eigenvalue weighted by Crippen LogP contribution is -2.38. The van der Waals surface area contributed by atoms with Crippen molar-refractivity contribution in [2.24, 2.45) is 4.99 Å². The largest absolute Gasteiger partial charge is 0.341 e. The minimum Gasteiger partial charge on any atom is -0.341 e. The number of nitrogens with one attached hydrogen (secondary N) is 2. The van der Waals surface area contributed by atoms with Gasteiger partial charge in [0.25, 0.3) is 0 Å². The average Bonchev–Trinajstić information content (AvgIpc) is 3.08. The second-order valence-corrected chi connectivity index (χ2v) is 8.30. The van der Waals surface area contributed by atoms with Gasteiger partial charge in [0.2, 0.25) is 5.96 Å². The molecule has 0 atom stereocenters. The molecule has 1 aliphatic rings. The van der Waals surface area contributed by atoms with E-state index in [1.807, 2.05) is 21.6 Å². The Bertz CT molecular complexity index is 1170. The van der Waals surface area contributed by atoms with Gasteiger partial charge in [-0.15, -0.1) is 0 Å². The number of hydroxylamine groups is 2. The van der Waals surface area contributed by atoms with Gasteiger partial charge in [-0.2, -0.15) is 0 Å². The van der Waals surface area contributed by atoms with Crippen LogP contribution in [-0.2, 0) is 6.54 Å². The number of H-pyrrole nitrogens is 1. The van der Waals surface area contributed by atoms with E-state index in [2.05, 4.69) is 9.98 Å². The summed E-state index contributed by atoms with van der Waals surface area (Å²) in [6.45, 7) is 1.52. The third kappa shape index (κ3) is 4.95. The van der Waals surface area contributed by atoms with Crippen LogP contribution in [0.3, 0.4) is 0 Å². The molecule has 1 fully saturated rings. The lowest BCUT2D eigenvalue weighted by atomic mass is 10.0. The van der Waals surface area contributed by atoms with E-state index in [1.54, 1.807) is 18.2 Å². The Labute approximate surface area is 188 Å². The van der Waals surface area contributed by atoms with Crippen LogP contribution in [0.15, 0.2) is 47.5 Å². The molecule has 0 amide bonds. The van der Waals surface area contributed by atoms with Crippen LogP contribution in [0, 0.1) is 16.0 Å². The maximum atomic E-state index is 13.5. The Kier molecular flexibility index (Phi) is 6.35. The molecule has 0 unspecified atom stereocenters. The number of piperidine rings is 1. The molecule has 2 aromatic carbocycles. The SMILES string of the molecule is N=C(N=CN(O)Cc1ccc(Cl)cc1)N1CCC(n2c(=S)[nH]c3cc(F)ccc32)CC1. The highest BCUT2D eigenvalue weighted by atomic mass is 35.5. The van der Waals surface area contributed by atoms with Gasteiger partial charge < -0.3 is 14.5 Å². The molecule has 7 nitrogen and oxygen atoms in total. The molecular formula is C21H22ClFN6OS. The minimum absolute atomic E-state index is 0.0956. The second-order valence-electron chi connectivity index (χ2n) is 7.47. The molecule has 1 aliphatic heterocycles. The quantitative estimate of drug-likeness (QED) is 0.222. The standard InChI is InChI=1S/C21H22ClFN6OS/c22-15-3-1-14(2-4-15)12-28(30)13-25-20(24)27-9-7-17(8-10-27)29-19-6-5-16(23)11-18(19)26-21(29)31/h1-6,11,13,17,24,30H,7-10,12H2,(H,26,31). The fourth-order valence-electron chi connectivity index (χ4n) is 3.82. The molecule has 4 rings (SSSR count). The average molecular weight is 461 g/mol. The molecule has 0 spiro atoms. The highest BCUT2D eigenvalue weighted by molar-refractivity contribution is 7.71. The molecule has 1 aromatic heterocycles. The van der Waals surface area contributed by atoms with Gasteiger partial charge >= 0.3 is 0 Å². The van der Waals surface area contributed by atoms with Crippen LogP contribution in [0.25, 0.3) is 11.0 Å². The van der Waals surface area contributed by atoms with Crippen molar-refractivity contribution in [1.29, 1.82) is 5.41 Å². The van der Waals surface area contributed by atoms with Crippen molar-refractivity contribution in [3.05, 3.63) is 63.6 Å². The van der Waals surface area contributed by atoms with E-state index in [4.69, 9.17) is 29.2 Å². The van der Waals surface area contributed by atoms with E-state index < -0.39 is 0 Å². The maximum Gasteiger partial charge on any atom is 0.219 e. The Hall–Kier alpha value is -2.75. The molecule has 3 aromatic rings. The monoisotopic (exact) mass is 460 g/mol. The van der Waals surface area contributed by atoms with Gasteiger partial charge in [0, 0.05) is 24.2 Å². The van der Waals surface area contributed by atoms with Gasteiger partial charge in [-0.3, -0.25) is 10.6 Å². The van der Waals surface area contributed by atoms with Crippen molar-refractivity contribution in [2.75, 3.05) is 13.1 Å². The molecule has 10 heteroatoms. The lowest BCUT2D eigenvalue weighted by molar-refractivity contribution is -0.0164. The predicted octanol–water partition coefficient (Wildman–Crippen LogP) is 4.98. The fraction of sp³-hybridized carbons (Fsp3) is 0.286. The first-order valence-electron chi connectivity index (χ1n) is 9.88. The van der Waals surface area contributed by atoms with Gasteiger partial charge in [0.1, 0.15) is 12.2 Å². The lowest BCUT2D eigenvalue weighted by Gasteiger charge is -2.33. The van der Waals surface area contributed by atoms with E-state index >= 15 is 0 Å². The number of benzene rings is 2. The number of hydrogen-bond donors (Lipinski definition) is 3. The minimum atomic E-state index is -0.300. The van der Waals surface area contributed by atoms with Gasteiger partial charge in [0.05, 0.1) is 17.6 Å². The van der Waals surface area contributed by atoms with E-state index in [0.717, 1.165) is 29.0 Å². The molecule has 162 valence electrons. The number of fused-ring (bicyclic) bond motifs is 1. The molecular weight excluding hydrogens is 439 g/mol. The number of likely N-dealkylation sites (tertiary alicyclic amines) is 1. The number of guanidine groups is 1. The number of aromatic nitrogens is 2. The Morgan fingerprint density at radius 2 is 2.00 bits per heavy atom. The summed E-state index contributed by atoms with van der Waals surface area (Å²) in [6.07, 6.45) is 2.81. The van der Waals surface area contributed by atoms with Crippen LogP contribution >= 0.6 is 23.8 Å². The summed E-state index contributed by atoms with van der Waals surface area (Å²) in [6, 6.07) is 11.9. The van der Waals surface area contributed by atoms with E-state index in [1.165, 1.54) is 18.5 Å². The van der Waals surface area contributed by atoms with Gasteiger partial charge in [-0.25, -0.2) is 14.4 Å². The fourth-order valence-corrected chi connectivity index (χ4v) is 4.31. The number of nitrogens with zero attached hydrogens (tertiary/aromatic N) is 4. The van der Waals surface area contributed by atoms with Gasteiger partial charge in [-0.1, -0.05) is 23.7 Å². The van der Waals surface area contributed by atoms with Gasteiger partial charge in [0.15, 0.2) is 4.77 Å². The summed E-state index contributed by atoms with van der Waals surface area (Å²) in [7, 11) is 0. The predicted molar refractivity (Wildman–Crippen MR) is 122 cm³/mol. The van der Waals surface area contributed by atoms with Crippen molar-refractivity contribution < 1.29 is 9.60 Å². The topological polar surface area (TPSA) is 83.6 Å². The zero-order chi connectivity index (χ0) is 22.0. The van der Waals surface area contributed by atoms with E-state index in [0.29, 0.717) is 28.4 Å². The third-order valence-electron chi connectivity index (χ3n) is 5.38. The summed E-state index contributed by atoms with van der Waals surface area (Å²) in [5.41, 5.74) is 2.45. The number of aromatic amines is 1. The number of imidazole rings is 1. The first kappa shape index (κ1) is 21.5. The number of hydrogen-bond acceptors (Lipinski definition) is 3. The van der Waals surface area contributed by atoms with Crippen molar-refractivity contribution in [3.8, 4) is 0 Å².